The summed E-state index contributed by atoms with van der Waals surface area (Å²) in [6, 6.07) is 19.8. The second kappa shape index (κ2) is 4.70. The van der Waals surface area contributed by atoms with E-state index in [-0.39, 0.29) is 0 Å². The van der Waals surface area contributed by atoms with E-state index in [1.165, 1.54) is 0 Å². The van der Waals surface area contributed by atoms with Crippen LogP contribution >= 0.6 is 15.9 Å². The van der Waals surface area contributed by atoms with Crippen molar-refractivity contribution in [2.24, 2.45) is 0 Å². The van der Waals surface area contributed by atoms with Crippen LogP contribution in [-0.4, -0.2) is 4.98 Å². The third-order valence-corrected chi connectivity index (χ3v) is 4.57. The van der Waals surface area contributed by atoms with Gasteiger partial charge in [-0.3, -0.25) is 0 Å². The first kappa shape index (κ1) is 12.9. The van der Waals surface area contributed by atoms with Crippen molar-refractivity contribution in [3.8, 4) is 11.5 Å². The number of halogens is 1. The fourth-order valence-electron chi connectivity index (χ4n) is 2.94. The number of furan rings is 1. The topological polar surface area (TPSA) is 39.2 Å². The van der Waals surface area contributed by atoms with Crippen molar-refractivity contribution < 1.29 is 8.83 Å². The van der Waals surface area contributed by atoms with E-state index in [4.69, 9.17) is 13.8 Å². The minimum atomic E-state index is 0.616. The van der Waals surface area contributed by atoms with E-state index >= 15 is 0 Å². The largest absolute Gasteiger partial charge is 0.455 e. The Hall–Kier alpha value is -2.59. The Balaban J connectivity index is 1.94. The Morgan fingerprint density at radius 3 is 2.48 bits per heavy atom. The van der Waals surface area contributed by atoms with Gasteiger partial charge in [0.05, 0.1) is 9.86 Å². The zero-order valence-corrected chi connectivity index (χ0v) is 13.5. The molecule has 2 aromatic heterocycles. The number of para-hydroxylation sites is 1. The molecule has 0 amide bonds. The first-order valence-corrected chi connectivity index (χ1v) is 8.06. The maximum Gasteiger partial charge on any atom is 0.227 e. The van der Waals surface area contributed by atoms with Crippen LogP contribution in [0, 0.1) is 0 Å². The van der Waals surface area contributed by atoms with Crippen molar-refractivity contribution in [3.63, 3.8) is 0 Å². The van der Waals surface area contributed by atoms with Crippen LogP contribution in [0.2, 0.25) is 0 Å². The van der Waals surface area contributed by atoms with E-state index in [9.17, 15) is 0 Å². The molecule has 3 nitrogen and oxygen atoms in total. The van der Waals surface area contributed by atoms with E-state index in [1.807, 2.05) is 60.7 Å². The number of nitrogens with zero attached hydrogens (tertiary/aromatic N) is 1. The summed E-state index contributed by atoms with van der Waals surface area (Å²) in [7, 11) is 0. The zero-order chi connectivity index (χ0) is 15.4. The van der Waals surface area contributed by atoms with Crippen molar-refractivity contribution in [3.05, 3.63) is 65.1 Å². The molecule has 0 N–H and O–H groups in total. The summed E-state index contributed by atoms with van der Waals surface area (Å²) in [5.74, 6) is 0.616. The van der Waals surface area contributed by atoms with Gasteiger partial charge in [0.1, 0.15) is 11.1 Å². The molecule has 0 unspecified atom stereocenters. The van der Waals surface area contributed by atoms with Crippen LogP contribution in [0.4, 0.5) is 0 Å². The van der Waals surface area contributed by atoms with Crippen LogP contribution in [-0.2, 0) is 0 Å². The predicted molar refractivity (Wildman–Crippen MR) is 94.4 cm³/mol. The quantitative estimate of drug-likeness (QED) is 0.358. The van der Waals surface area contributed by atoms with Crippen molar-refractivity contribution in [1.82, 2.24) is 4.98 Å². The van der Waals surface area contributed by atoms with Gasteiger partial charge in [0.15, 0.2) is 11.2 Å². The van der Waals surface area contributed by atoms with Crippen LogP contribution in [0.25, 0.3) is 44.5 Å². The molecule has 4 heteroatoms. The number of rotatable bonds is 1. The van der Waals surface area contributed by atoms with E-state index in [0.717, 1.165) is 43.1 Å². The number of hydrogen-bond donors (Lipinski definition) is 0. The van der Waals surface area contributed by atoms with Crippen LogP contribution in [0.15, 0.2) is 74.0 Å². The highest BCUT2D eigenvalue weighted by Crippen LogP contribution is 2.39. The maximum atomic E-state index is 5.98. The number of fused-ring (bicyclic) bond motifs is 5. The van der Waals surface area contributed by atoms with E-state index in [2.05, 4.69) is 15.9 Å². The molecule has 0 spiro atoms. The van der Waals surface area contributed by atoms with Crippen molar-refractivity contribution in [1.29, 1.82) is 0 Å². The van der Waals surface area contributed by atoms with Gasteiger partial charge >= 0.3 is 0 Å². The Kier molecular flexibility index (Phi) is 2.64. The molecule has 0 aliphatic rings. The summed E-state index contributed by atoms with van der Waals surface area (Å²) in [6.45, 7) is 0. The minimum Gasteiger partial charge on any atom is -0.455 e. The van der Waals surface area contributed by atoms with Gasteiger partial charge in [0.2, 0.25) is 5.89 Å². The van der Waals surface area contributed by atoms with Crippen molar-refractivity contribution >= 4 is 49.0 Å². The fourth-order valence-corrected chi connectivity index (χ4v) is 3.43. The normalized spacial score (nSPS) is 11.7. The minimum absolute atomic E-state index is 0.616. The highest BCUT2D eigenvalue weighted by Gasteiger charge is 2.18. The average molecular weight is 364 g/mol. The van der Waals surface area contributed by atoms with E-state index in [0.29, 0.717) is 5.89 Å². The van der Waals surface area contributed by atoms with Gasteiger partial charge in [-0.15, -0.1) is 0 Å². The summed E-state index contributed by atoms with van der Waals surface area (Å²) in [4.78, 5) is 4.73. The van der Waals surface area contributed by atoms with Gasteiger partial charge in [-0.1, -0.05) is 36.4 Å². The Labute approximate surface area is 139 Å². The smallest absolute Gasteiger partial charge is 0.227 e. The van der Waals surface area contributed by atoms with Crippen LogP contribution < -0.4 is 0 Å². The molecule has 0 bridgehead atoms. The molecular weight excluding hydrogens is 354 g/mol. The van der Waals surface area contributed by atoms with Gasteiger partial charge < -0.3 is 8.83 Å². The standard InChI is InChI=1S/C19H10BrNO2/c20-13-10-15-17(21-19(23-15)11-6-2-1-3-7-11)16-12-8-4-5-9-14(12)22-18(13)16/h1-10H. The molecule has 5 rings (SSSR count). The summed E-state index contributed by atoms with van der Waals surface area (Å²) in [5, 5.41) is 2.03. The second-order valence-electron chi connectivity index (χ2n) is 5.39. The van der Waals surface area contributed by atoms with Gasteiger partial charge in [0.25, 0.3) is 0 Å². The molecular formula is C19H10BrNO2. The summed E-state index contributed by atoms with van der Waals surface area (Å²) >= 11 is 3.58. The lowest BCUT2D eigenvalue weighted by Crippen LogP contribution is -1.76. The van der Waals surface area contributed by atoms with E-state index in [1.54, 1.807) is 0 Å². The second-order valence-corrected chi connectivity index (χ2v) is 6.25. The van der Waals surface area contributed by atoms with Crippen LogP contribution in [0.3, 0.4) is 0 Å². The zero-order valence-electron chi connectivity index (χ0n) is 11.9. The molecule has 0 saturated heterocycles. The third-order valence-electron chi connectivity index (χ3n) is 3.98. The molecule has 0 atom stereocenters. The third kappa shape index (κ3) is 1.85. The lowest BCUT2D eigenvalue weighted by molar-refractivity contribution is 0.619. The predicted octanol–water partition coefficient (Wildman–Crippen LogP) is 6.16. The number of benzene rings is 3. The molecule has 0 radical (unpaired) electrons. The highest BCUT2D eigenvalue weighted by molar-refractivity contribution is 9.10. The van der Waals surface area contributed by atoms with Gasteiger partial charge in [-0.2, -0.15) is 0 Å². The van der Waals surface area contributed by atoms with Gasteiger partial charge in [0, 0.05) is 17.0 Å². The first-order chi connectivity index (χ1) is 11.3. The maximum absolute atomic E-state index is 5.98. The molecule has 2 heterocycles. The molecule has 0 fully saturated rings. The molecule has 0 aliphatic heterocycles. The van der Waals surface area contributed by atoms with Crippen molar-refractivity contribution in [2.45, 2.75) is 0 Å². The summed E-state index contributed by atoms with van der Waals surface area (Å²) in [5.41, 5.74) is 4.18. The molecule has 5 aromatic rings. The molecule has 3 aromatic carbocycles. The first-order valence-electron chi connectivity index (χ1n) is 7.27. The van der Waals surface area contributed by atoms with Crippen molar-refractivity contribution in [2.75, 3.05) is 0 Å². The van der Waals surface area contributed by atoms with Gasteiger partial charge in [-0.05, 0) is 34.1 Å². The monoisotopic (exact) mass is 363 g/mol. The van der Waals surface area contributed by atoms with E-state index < -0.39 is 0 Å². The fraction of sp³-hybridized carbons (Fsp3) is 0. The lowest BCUT2D eigenvalue weighted by atomic mass is 10.1. The Morgan fingerprint density at radius 1 is 0.826 bits per heavy atom. The van der Waals surface area contributed by atoms with Crippen LogP contribution in [0.5, 0.6) is 0 Å². The number of hydrogen-bond acceptors (Lipinski definition) is 3. The van der Waals surface area contributed by atoms with Gasteiger partial charge in [-0.25, -0.2) is 4.98 Å². The Bertz CT molecular complexity index is 1170. The SMILES string of the molecule is Brc1cc2oc(-c3ccccc3)nc2c2c1oc1ccccc12. The highest BCUT2D eigenvalue weighted by atomic mass is 79.9. The number of oxazole rings is 1. The Morgan fingerprint density at radius 2 is 1.61 bits per heavy atom. The molecule has 110 valence electrons. The molecule has 0 saturated carbocycles. The number of aromatic nitrogens is 1. The summed E-state index contributed by atoms with van der Waals surface area (Å²) < 4.78 is 12.8. The molecule has 0 aliphatic carbocycles. The van der Waals surface area contributed by atoms with Crippen LogP contribution in [0.1, 0.15) is 0 Å². The average Bonchev–Trinajstić information content (AvgIpc) is 3.17. The molecule has 23 heavy (non-hydrogen) atoms. The summed E-state index contributed by atoms with van der Waals surface area (Å²) in [6.07, 6.45) is 0. The lowest BCUT2D eigenvalue weighted by Gasteiger charge is -1.93.